The largest absolute Gasteiger partial charge is 0.435 e. The van der Waals surface area contributed by atoms with E-state index in [1.165, 1.54) is 11.7 Å². The molecule has 0 aliphatic carbocycles. The summed E-state index contributed by atoms with van der Waals surface area (Å²) in [7, 11) is 3.22. The molecule has 0 saturated carbocycles. The van der Waals surface area contributed by atoms with Crippen molar-refractivity contribution in [1.82, 2.24) is 29.6 Å². The number of para-hydroxylation sites is 1. The fourth-order valence-electron chi connectivity index (χ4n) is 5.46. The van der Waals surface area contributed by atoms with Crippen LogP contribution in [-0.4, -0.2) is 41.6 Å². The van der Waals surface area contributed by atoms with E-state index in [-0.39, 0.29) is 23.7 Å². The zero-order chi connectivity index (χ0) is 23.8. The summed E-state index contributed by atoms with van der Waals surface area (Å²) in [5.74, 6) is -0.211. The van der Waals surface area contributed by atoms with Crippen LogP contribution < -0.4 is 0 Å². The summed E-state index contributed by atoms with van der Waals surface area (Å²) in [5, 5.41) is 13.1. The van der Waals surface area contributed by atoms with Gasteiger partial charge in [-0.15, -0.1) is 0 Å². The number of piperidine rings is 1. The van der Waals surface area contributed by atoms with Crippen molar-refractivity contribution in [2.24, 2.45) is 14.1 Å². The van der Waals surface area contributed by atoms with Crippen molar-refractivity contribution in [3.63, 3.8) is 0 Å². The van der Waals surface area contributed by atoms with Gasteiger partial charge in [-0.3, -0.25) is 14.2 Å². The Morgan fingerprint density at radius 2 is 1.91 bits per heavy atom. The third-order valence-corrected chi connectivity index (χ3v) is 6.90. The van der Waals surface area contributed by atoms with Crippen LogP contribution in [0.15, 0.2) is 34.9 Å². The van der Waals surface area contributed by atoms with Crippen LogP contribution in [0.5, 0.6) is 0 Å². The van der Waals surface area contributed by atoms with Gasteiger partial charge >= 0.3 is 6.18 Å². The molecule has 2 aliphatic rings. The first-order chi connectivity index (χ1) is 16.2. The van der Waals surface area contributed by atoms with Crippen LogP contribution in [0.25, 0.3) is 22.4 Å². The number of carbonyl (C=O) groups is 1. The number of halogens is 3. The Morgan fingerprint density at radius 1 is 1.12 bits per heavy atom. The Balaban J connectivity index is 1.44. The number of alkyl halides is 3. The number of benzene rings is 1. The molecule has 1 aromatic carbocycles. The molecule has 3 aromatic heterocycles. The third kappa shape index (κ3) is 2.99. The lowest BCUT2D eigenvalue weighted by Gasteiger charge is -2.45. The second-order valence-electron chi connectivity index (χ2n) is 8.92. The van der Waals surface area contributed by atoms with Gasteiger partial charge in [0.25, 0.3) is 5.91 Å². The van der Waals surface area contributed by atoms with Gasteiger partial charge in [0.1, 0.15) is 0 Å². The lowest BCUT2D eigenvalue weighted by molar-refractivity contribution is -0.141. The molecule has 0 unspecified atom stereocenters. The van der Waals surface area contributed by atoms with E-state index in [4.69, 9.17) is 9.62 Å². The first-order valence-electron chi connectivity index (χ1n) is 11.1. The highest BCUT2D eigenvalue weighted by atomic mass is 19.4. The van der Waals surface area contributed by atoms with Crippen LogP contribution >= 0.6 is 0 Å². The highest BCUT2D eigenvalue weighted by Gasteiger charge is 2.45. The van der Waals surface area contributed by atoms with E-state index < -0.39 is 11.9 Å². The molecule has 0 N–H and O–H groups in total. The molecule has 176 valence electrons. The first kappa shape index (κ1) is 20.9. The molecule has 2 atom stereocenters. The van der Waals surface area contributed by atoms with Crippen LogP contribution in [0, 0.1) is 0 Å². The minimum atomic E-state index is -4.53. The molecule has 8 nitrogen and oxygen atoms in total. The van der Waals surface area contributed by atoms with E-state index in [1.807, 2.05) is 23.1 Å². The number of hydrogen-bond acceptors (Lipinski definition) is 5. The Bertz CT molecular complexity index is 1430. The molecule has 6 rings (SSSR count). The maximum Gasteiger partial charge on any atom is 0.435 e. The number of hydrogen-bond donors (Lipinski definition) is 0. The number of carbonyl (C=O) groups excluding carboxylic acids is 1. The van der Waals surface area contributed by atoms with Gasteiger partial charge in [0, 0.05) is 25.7 Å². The van der Waals surface area contributed by atoms with E-state index in [0.717, 1.165) is 36.6 Å². The predicted molar refractivity (Wildman–Crippen MR) is 115 cm³/mol. The summed E-state index contributed by atoms with van der Waals surface area (Å²) in [6, 6.07) is 7.91. The van der Waals surface area contributed by atoms with Crippen LogP contribution in [0.2, 0.25) is 0 Å². The molecule has 2 bridgehead atoms. The Hall–Kier alpha value is -3.63. The summed E-state index contributed by atoms with van der Waals surface area (Å²) < 4.78 is 48.1. The summed E-state index contributed by atoms with van der Waals surface area (Å²) in [5.41, 5.74) is 2.44. The van der Waals surface area contributed by atoms with Crippen LogP contribution in [0.4, 0.5) is 13.2 Å². The molecule has 1 amide bonds. The van der Waals surface area contributed by atoms with Crippen molar-refractivity contribution in [2.75, 3.05) is 0 Å². The molecule has 1 fully saturated rings. The molecular weight excluding hydrogens is 449 g/mol. The Kier molecular flexibility index (Phi) is 4.42. The summed E-state index contributed by atoms with van der Waals surface area (Å²) >= 11 is 0. The van der Waals surface area contributed by atoms with Gasteiger partial charge in [-0.2, -0.15) is 23.4 Å². The van der Waals surface area contributed by atoms with Crippen LogP contribution in [0.3, 0.4) is 0 Å². The molecule has 0 radical (unpaired) electrons. The topological polar surface area (TPSA) is 82.0 Å². The van der Waals surface area contributed by atoms with Gasteiger partial charge in [0.05, 0.1) is 28.5 Å². The van der Waals surface area contributed by atoms with Crippen molar-refractivity contribution in [1.29, 1.82) is 0 Å². The van der Waals surface area contributed by atoms with E-state index >= 15 is 0 Å². The minimum Gasteiger partial charge on any atom is -0.355 e. The first-order valence-corrected chi connectivity index (χ1v) is 11.1. The van der Waals surface area contributed by atoms with Crippen LogP contribution in [0.1, 0.15) is 52.7 Å². The third-order valence-electron chi connectivity index (χ3n) is 6.90. The zero-order valence-electron chi connectivity index (χ0n) is 18.5. The number of aryl methyl sites for hydroxylation is 2. The number of aromatic nitrogens is 5. The molecule has 4 aromatic rings. The number of fused-ring (bicyclic) bond motifs is 5. The number of nitrogens with zero attached hydrogens (tertiary/aromatic N) is 6. The van der Waals surface area contributed by atoms with Crippen molar-refractivity contribution >= 4 is 16.9 Å². The molecule has 5 heterocycles. The quantitative estimate of drug-likeness (QED) is 0.437. The van der Waals surface area contributed by atoms with Crippen molar-refractivity contribution in [2.45, 2.75) is 43.9 Å². The Morgan fingerprint density at radius 3 is 2.68 bits per heavy atom. The summed E-state index contributed by atoms with van der Waals surface area (Å²) in [6.07, 6.45) is -1.57. The summed E-state index contributed by atoms with van der Waals surface area (Å²) in [4.78, 5) is 15.5. The molecular formula is C23H21F3N6O2. The number of rotatable bonds is 2. The molecule has 2 aliphatic heterocycles. The van der Waals surface area contributed by atoms with Gasteiger partial charge in [-0.1, -0.05) is 17.3 Å². The van der Waals surface area contributed by atoms with E-state index in [1.54, 1.807) is 17.8 Å². The van der Waals surface area contributed by atoms with Gasteiger partial charge in [0.15, 0.2) is 17.0 Å². The predicted octanol–water partition coefficient (Wildman–Crippen LogP) is 4.27. The SMILES string of the molecule is Cn1nc(C(F)(F)F)cc1-c1c2c(nn1C)[C@H]1CCC[C@@H](C2)N1C(=O)c1noc2ccccc12. The van der Waals surface area contributed by atoms with Gasteiger partial charge in [-0.05, 0) is 43.9 Å². The number of amides is 1. The molecule has 1 saturated heterocycles. The van der Waals surface area contributed by atoms with E-state index in [2.05, 4.69) is 10.3 Å². The minimum absolute atomic E-state index is 0.104. The lowest BCUT2D eigenvalue weighted by atomic mass is 9.82. The van der Waals surface area contributed by atoms with Gasteiger partial charge in [0.2, 0.25) is 0 Å². The average Bonchev–Trinajstić information content (AvgIpc) is 3.47. The fraction of sp³-hybridized carbons (Fsp3) is 0.391. The molecule has 34 heavy (non-hydrogen) atoms. The maximum atomic E-state index is 13.7. The second-order valence-corrected chi connectivity index (χ2v) is 8.92. The van der Waals surface area contributed by atoms with Crippen molar-refractivity contribution < 1.29 is 22.5 Å². The van der Waals surface area contributed by atoms with E-state index in [9.17, 15) is 18.0 Å². The smallest absolute Gasteiger partial charge is 0.355 e. The lowest BCUT2D eigenvalue weighted by Crippen LogP contribution is -2.50. The average molecular weight is 470 g/mol. The highest BCUT2D eigenvalue weighted by molar-refractivity contribution is 6.04. The Labute approximate surface area is 191 Å². The maximum absolute atomic E-state index is 13.7. The normalized spacial score (nSPS) is 20.1. The highest BCUT2D eigenvalue weighted by Crippen LogP contribution is 2.45. The van der Waals surface area contributed by atoms with Crippen molar-refractivity contribution in [3.05, 3.63) is 53.0 Å². The van der Waals surface area contributed by atoms with Crippen molar-refractivity contribution in [3.8, 4) is 11.4 Å². The summed E-state index contributed by atoms with van der Waals surface area (Å²) in [6.45, 7) is 0. The molecule has 0 spiro atoms. The monoisotopic (exact) mass is 470 g/mol. The van der Waals surface area contributed by atoms with Gasteiger partial charge < -0.3 is 9.42 Å². The fourth-order valence-corrected chi connectivity index (χ4v) is 5.46. The molecule has 11 heteroatoms. The van der Waals surface area contributed by atoms with Gasteiger partial charge in [-0.25, -0.2) is 0 Å². The standard InChI is InChI=1S/C23H21F3N6O2/c1-30-16(11-18(27-30)23(24,25)26)21-14-10-12-6-5-8-15(19(14)28-31(21)2)32(12)22(33)20-13-7-3-4-9-17(13)34-29-20/h3-4,7,9,11-12,15H,5-6,8,10H2,1-2H3/t12-,15+/m0/s1. The van der Waals surface area contributed by atoms with Crippen LogP contribution in [-0.2, 0) is 26.7 Å². The van der Waals surface area contributed by atoms with E-state index in [0.29, 0.717) is 28.8 Å². The zero-order valence-corrected chi connectivity index (χ0v) is 18.5. The second kappa shape index (κ2) is 7.18.